The lowest BCUT2D eigenvalue weighted by Crippen LogP contribution is -2.31. The summed E-state index contributed by atoms with van der Waals surface area (Å²) >= 11 is 0. The van der Waals surface area contributed by atoms with E-state index in [1.165, 1.54) is 16.8 Å². The Labute approximate surface area is 163 Å². The Morgan fingerprint density at radius 3 is 2.72 bits per heavy atom. The van der Waals surface area contributed by atoms with Gasteiger partial charge in [-0.05, 0) is 26.0 Å². The van der Waals surface area contributed by atoms with Crippen LogP contribution in [0.3, 0.4) is 0 Å². The van der Waals surface area contributed by atoms with Gasteiger partial charge in [-0.2, -0.15) is 22.7 Å². The van der Waals surface area contributed by atoms with Gasteiger partial charge in [0, 0.05) is 36.2 Å². The Balaban J connectivity index is 1.58. The first-order valence-electron chi connectivity index (χ1n) is 8.68. The van der Waals surface area contributed by atoms with E-state index < -0.39 is 11.7 Å². The number of fused-ring (bicyclic) bond motifs is 1. The summed E-state index contributed by atoms with van der Waals surface area (Å²) in [7, 11) is 0. The number of amides is 1. The lowest BCUT2D eigenvalue weighted by molar-refractivity contribution is -0.137. The molecule has 0 aromatic carbocycles. The van der Waals surface area contributed by atoms with Crippen LogP contribution in [0.1, 0.15) is 22.5 Å². The summed E-state index contributed by atoms with van der Waals surface area (Å²) in [5.41, 5.74) is 6.72. The monoisotopic (exact) mass is 408 g/mol. The van der Waals surface area contributed by atoms with Crippen LogP contribution in [0.15, 0.2) is 18.3 Å². The fourth-order valence-corrected chi connectivity index (χ4v) is 2.86. The number of nitrogens with one attached hydrogen (secondary N) is 2. The summed E-state index contributed by atoms with van der Waals surface area (Å²) in [5, 5.41) is 9.29. The average molecular weight is 408 g/mol. The maximum atomic E-state index is 12.9. The Morgan fingerprint density at radius 1 is 1.24 bits per heavy atom. The third kappa shape index (κ3) is 4.52. The summed E-state index contributed by atoms with van der Waals surface area (Å²) in [6, 6.07) is 2.16. The summed E-state index contributed by atoms with van der Waals surface area (Å²) in [4.78, 5) is 24.2. The van der Waals surface area contributed by atoms with E-state index in [2.05, 4.69) is 30.7 Å². The molecule has 0 saturated carbocycles. The minimum absolute atomic E-state index is 0.0394. The number of aryl methyl sites for hydroxylation is 2. The van der Waals surface area contributed by atoms with Crippen LogP contribution in [-0.2, 0) is 17.4 Å². The predicted octanol–water partition coefficient (Wildman–Crippen LogP) is 1.51. The maximum Gasteiger partial charge on any atom is 0.419 e. The predicted molar refractivity (Wildman–Crippen MR) is 99.1 cm³/mol. The van der Waals surface area contributed by atoms with Gasteiger partial charge in [0.1, 0.15) is 5.82 Å². The van der Waals surface area contributed by atoms with Crippen LogP contribution < -0.4 is 16.4 Å². The molecule has 12 heteroatoms. The molecule has 0 unspecified atom stereocenters. The SMILES string of the molecule is Cc1nc2nc(N)nn2c(C)c1CC(=O)NCCNc1ncccc1C(F)(F)F. The van der Waals surface area contributed by atoms with E-state index in [4.69, 9.17) is 5.73 Å². The Kier molecular flexibility index (Phi) is 5.52. The van der Waals surface area contributed by atoms with Crippen LogP contribution in [-0.4, -0.2) is 43.6 Å². The summed E-state index contributed by atoms with van der Waals surface area (Å²) < 4.78 is 40.3. The molecule has 29 heavy (non-hydrogen) atoms. The molecule has 3 aromatic rings. The number of rotatable bonds is 6. The molecular formula is C17H19F3N8O. The standard InChI is InChI=1S/C17H19F3N8O/c1-9-11(10(2)28-16(25-9)26-15(21)27-28)8-13(29)22-6-7-24-14-12(17(18,19)20)4-3-5-23-14/h3-5H,6-8H2,1-2H3,(H2,21,27)(H,22,29)(H,23,24). The third-order valence-corrected chi connectivity index (χ3v) is 4.26. The molecule has 3 rings (SSSR count). The van der Waals surface area contributed by atoms with Gasteiger partial charge in [-0.1, -0.05) is 0 Å². The van der Waals surface area contributed by atoms with E-state index in [9.17, 15) is 18.0 Å². The molecule has 0 aliphatic rings. The van der Waals surface area contributed by atoms with Gasteiger partial charge in [-0.25, -0.2) is 9.97 Å². The van der Waals surface area contributed by atoms with E-state index in [0.29, 0.717) is 22.7 Å². The second-order valence-corrected chi connectivity index (χ2v) is 6.29. The van der Waals surface area contributed by atoms with Crippen molar-refractivity contribution >= 4 is 23.5 Å². The van der Waals surface area contributed by atoms with E-state index >= 15 is 0 Å². The number of aromatic nitrogens is 5. The second-order valence-electron chi connectivity index (χ2n) is 6.29. The molecule has 0 spiro atoms. The number of hydrogen-bond acceptors (Lipinski definition) is 7. The zero-order chi connectivity index (χ0) is 21.2. The highest BCUT2D eigenvalue weighted by atomic mass is 19.4. The molecule has 154 valence electrons. The lowest BCUT2D eigenvalue weighted by atomic mass is 10.1. The molecule has 3 heterocycles. The van der Waals surface area contributed by atoms with Crippen LogP contribution in [0, 0.1) is 13.8 Å². The van der Waals surface area contributed by atoms with Gasteiger partial charge in [-0.3, -0.25) is 4.79 Å². The molecule has 0 fully saturated rings. The van der Waals surface area contributed by atoms with Crippen molar-refractivity contribution in [3.05, 3.63) is 40.8 Å². The highest BCUT2D eigenvalue weighted by Gasteiger charge is 2.33. The van der Waals surface area contributed by atoms with Gasteiger partial charge in [0.05, 0.1) is 12.0 Å². The van der Waals surface area contributed by atoms with Gasteiger partial charge < -0.3 is 16.4 Å². The Hall–Kier alpha value is -3.44. The molecule has 0 atom stereocenters. The van der Waals surface area contributed by atoms with Crippen molar-refractivity contribution in [3.63, 3.8) is 0 Å². The number of anilines is 2. The number of carbonyl (C=O) groups is 1. The minimum Gasteiger partial charge on any atom is -0.368 e. The molecule has 0 bridgehead atoms. The number of halogens is 3. The molecule has 0 saturated heterocycles. The van der Waals surface area contributed by atoms with Crippen LogP contribution in [0.5, 0.6) is 0 Å². The maximum absolute atomic E-state index is 12.9. The fourth-order valence-electron chi connectivity index (χ4n) is 2.86. The number of nitrogens with zero attached hydrogens (tertiary/aromatic N) is 5. The van der Waals surface area contributed by atoms with Crippen molar-refractivity contribution in [1.29, 1.82) is 0 Å². The normalized spacial score (nSPS) is 11.6. The van der Waals surface area contributed by atoms with Gasteiger partial charge in [0.15, 0.2) is 0 Å². The zero-order valence-corrected chi connectivity index (χ0v) is 15.7. The first-order valence-corrected chi connectivity index (χ1v) is 8.68. The quantitative estimate of drug-likeness (QED) is 0.528. The largest absolute Gasteiger partial charge is 0.419 e. The third-order valence-electron chi connectivity index (χ3n) is 4.26. The molecule has 1 amide bonds. The van der Waals surface area contributed by atoms with E-state index in [0.717, 1.165) is 6.07 Å². The second kappa shape index (κ2) is 7.89. The van der Waals surface area contributed by atoms with Crippen molar-refractivity contribution in [2.45, 2.75) is 26.4 Å². The molecule has 0 aliphatic heterocycles. The molecule has 0 radical (unpaired) electrons. The van der Waals surface area contributed by atoms with E-state index in [-0.39, 0.29) is 37.2 Å². The highest BCUT2D eigenvalue weighted by molar-refractivity contribution is 5.79. The number of nitrogens with two attached hydrogens (primary N) is 1. The van der Waals surface area contributed by atoms with Crippen molar-refractivity contribution in [2.24, 2.45) is 0 Å². The van der Waals surface area contributed by atoms with Crippen LogP contribution in [0.4, 0.5) is 24.9 Å². The topological polar surface area (TPSA) is 123 Å². The summed E-state index contributed by atoms with van der Waals surface area (Å²) in [6.45, 7) is 3.74. The molecular weight excluding hydrogens is 389 g/mol. The van der Waals surface area contributed by atoms with Gasteiger partial charge >= 0.3 is 6.18 Å². The minimum atomic E-state index is -4.51. The number of carbonyl (C=O) groups excluding carboxylic acids is 1. The summed E-state index contributed by atoms with van der Waals surface area (Å²) in [6.07, 6.45) is -3.20. The first kappa shape index (κ1) is 20.3. The number of hydrogen-bond donors (Lipinski definition) is 3. The number of alkyl halides is 3. The van der Waals surface area contributed by atoms with Crippen molar-refractivity contribution in [3.8, 4) is 0 Å². The fraction of sp³-hybridized carbons (Fsp3) is 0.353. The molecule has 9 nitrogen and oxygen atoms in total. The van der Waals surface area contributed by atoms with Gasteiger partial charge in [-0.15, -0.1) is 5.10 Å². The van der Waals surface area contributed by atoms with Crippen LogP contribution in [0.25, 0.3) is 5.78 Å². The smallest absolute Gasteiger partial charge is 0.368 e. The van der Waals surface area contributed by atoms with Crippen LogP contribution in [0.2, 0.25) is 0 Å². The number of nitrogen functional groups attached to an aromatic ring is 1. The Bertz CT molecular complexity index is 1050. The highest BCUT2D eigenvalue weighted by Crippen LogP contribution is 2.33. The van der Waals surface area contributed by atoms with E-state index in [1.807, 2.05) is 0 Å². The van der Waals surface area contributed by atoms with Crippen molar-refractivity contribution in [2.75, 3.05) is 24.1 Å². The molecule has 0 aliphatic carbocycles. The van der Waals surface area contributed by atoms with Gasteiger partial charge in [0.25, 0.3) is 5.78 Å². The van der Waals surface area contributed by atoms with Crippen molar-refractivity contribution < 1.29 is 18.0 Å². The Morgan fingerprint density at radius 2 is 2.00 bits per heavy atom. The zero-order valence-electron chi connectivity index (χ0n) is 15.7. The van der Waals surface area contributed by atoms with E-state index in [1.54, 1.807) is 13.8 Å². The summed E-state index contributed by atoms with van der Waals surface area (Å²) in [5.74, 6) is -0.147. The lowest BCUT2D eigenvalue weighted by Gasteiger charge is -2.14. The van der Waals surface area contributed by atoms with Crippen molar-refractivity contribution in [1.82, 2.24) is 29.9 Å². The van der Waals surface area contributed by atoms with Crippen LogP contribution >= 0.6 is 0 Å². The van der Waals surface area contributed by atoms with Gasteiger partial charge in [0.2, 0.25) is 11.9 Å². The molecule has 4 N–H and O–H groups in total. The molecule has 3 aromatic heterocycles. The average Bonchev–Trinajstić information content (AvgIpc) is 3.02. The first-order chi connectivity index (χ1) is 13.7. The number of pyridine rings is 1.